The van der Waals surface area contributed by atoms with Crippen molar-refractivity contribution < 1.29 is 14.1 Å². The molecule has 23 heavy (non-hydrogen) atoms. The lowest BCUT2D eigenvalue weighted by Crippen LogP contribution is -2.44. The zero-order valence-corrected chi connectivity index (χ0v) is 14.0. The summed E-state index contributed by atoms with van der Waals surface area (Å²) in [5.41, 5.74) is 1.19. The molecule has 0 aromatic carbocycles. The maximum absolute atomic E-state index is 12.2. The largest absolute Gasteiger partial charge is 0.359 e. The van der Waals surface area contributed by atoms with Crippen LogP contribution in [0.15, 0.2) is 4.52 Å². The van der Waals surface area contributed by atoms with E-state index in [0.717, 1.165) is 32.1 Å². The number of aryl methyl sites for hydroxylation is 1. The van der Waals surface area contributed by atoms with Crippen molar-refractivity contribution >= 4 is 17.5 Å². The molecule has 2 fully saturated rings. The summed E-state index contributed by atoms with van der Waals surface area (Å²) in [5.74, 6) is 1.07. The molecule has 0 radical (unpaired) electrons. The lowest BCUT2D eigenvalue weighted by molar-refractivity contribution is -0.136. The van der Waals surface area contributed by atoms with Crippen molar-refractivity contribution in [3.05, 3.63) is 11.5 Å². The molecule has 0 spiro atoms. The monoisotopic (exact) mass is 319 g/mol. The Balaban J connectivity index is 1.58. The Bertz CT molecular complexity index is 606. The van der Waals surface area contributed by atoms with Crippen molar-refractivity contribution in [2.24, 2.45) is 11.8 Å². The van der Waals surface area contributed by atoms with E-state index in [4.69, 9.17) is 4.52 Å². The van der Waals surface area contributed by atoms with Gasteiger partial charge in [-0.3, -0.25) is 9.59 Å². The van der Waals surface area contributed by atoms with E-state index in [9.17, 15) is 9.59 Å². The van der Waals surface area contributed by atoms with Crippen LogP contribution >= 0.6 is 0 Å². The maximum atomic E-state index is 12.2. The number of aromatic nitrogens is 1. The minimum atomic E-state index is -0.635. The molecule has 3 atom stereocenters. The van der Waals surface area contributed by atoms with Gasteiger partial charge in [0.1, 0.15) is 11.4 Å². The van der Waals surface area contributed by atoms with Crippen molar-refractivity contribution in [1.82, 2.24) is 10.5 Å². The highest BCUT2D eigenvalue weighted by Gasteiger charge is 2.33. The van der Waals surface area contributed by atoms with Crippen molar-refractivity contribution in [1.29, 1.82) is 0 Å². The van der Waals surface area contributed by atoms with E-state index < -0.39 is 11.8 Å². The Kier molecular flexibility index (Phi) is 4.41. The predicted octanol–water partition coefficient (Wildman–Crippen LogP) is 2.74. The number of hydrogen-bond donors (Lipinski definition) is 2. The van der Waals surface area contributed by atoms with Crippen molar-refractivity contribution in [2.45, 2.75) is 64.8 Å². The molecule has 1 heterocycles. The zero-order valence-electron chi connectivity index (χ0n) is 14.0. The van der Waals surface area contributed by atoms with Crippen LogP contribution < -0.4 is 10.6 Å². The Hall–Kier alpha value is -1.85. The molecule has 2 aliphatic carbocycles. The van der Waals surface area contributed by atoms with Gasteiger partial charge in [-0.2, -0.15) is 0 Å². The summed E-state index contributed by atoms with van der Waals surface area (Å²) in [6.45, 7) is 6.21. The minimum Gasteiger partial charge on any atom is -0.359 e. The van der Waals surface area contributed by atoms with Crippen LogP contribution in [0, 0.1) is 18.8 Å². The molecule has 6 heteroatoms. The van der Waals surface area contributed by atoms with E-state index in [2.05, 4.69) is 29.6 Å². The third kappa shape index (κ3) is 3.57. The highest BCUT2D eigenvalue weighted by molar-refractivity contribution is 6.39. The van der Waals surface area contributed by atoms with Crippen LogP contribution in [-0.2, 0) is 9.59 Å². The van der Waals surface area contributed by atoms with Crippen molar-refractivity contribution in [3.63, 3.8) is 0 Å². The lowest BCUT2D eigenvalue weighted by Gasteiger charge is -2.32. The second-order valence-corrected chi connectivity index (χ2v) is 7.17. The fourth-order valence-corrected chi connectivity index (χ4v) is 3.26. The molecule has 0 unspecified atom stereocenters. The number of anilines is 1. The van der Waals surface area contributed by atoms with Crippen LogP contribution in [0.5, 0.6) is 0 Å². The number of amides is 2. The quantitative estimate of drug-likeness (QED) is 0.839. The average molecular weight is 319 g/mol. The van der Waals surface area contributed by atoms with Gasteiger partial charge in [-0.15, -0.1) is 0 Å². The van der Waals surface area contributed by atoms with Gasteiger partial charge >= 0.3 is 11.8 Å². The fraction of sp³-hybridized carbons (Fsp3) is 0.706. The van der Waals surface area contributed by atoms with Crippen LogP contribution in [-0.4, -0.2) is 23.0 Å². The summed E-state index contributed by atoms with van der Waals surface area (Å²) in [4.78, 5) is 24.3. The summed E-state index contributed by atoms with van der Waals surface area (Å²) in [6, 6.07) is 0.0888. The summed E-state index contributed by atoms with van der Waals surface area (Å²) < 4.78 is 5.28. The first-order valence-corrected chi connectivity index (χ1v) is 8.53. The molecule has 2 amide bonds. The van der Waals surface area contributed by atoms with Crippen LogP contribution in [0.4, 0.5) is 5.69 Å². The summed E-state index contributed by atoms with van der Waals surface area (Å²) in [7, 11) is 0. The van der Waals surface area contributed by atoms with E-state index in [-0.39, 0.29) is 6.04 Å². The fourth-order valence-electron chi connectivity index (χ4n) is 3.26. The predicted molar refractivity (Wildman–Crippen MR) is 86.0 cm³/mol. The molecule has 2 N–H and O–H groups in total. The molecule has 1 aromatic rings. The van der Waals surface area contributed by atoms with E-state index in [1.807, 2.05) is 0 Å². The standard InChI is InChI=1S/C17H25N3O3/c1-9-4-7-13(8-10(9)2)18-16(21)17(22)19-14-11(3)20-23-15(14)12-5-6-12/h9-10,12-13H,4-8H2,1-3H3,(H,18,21)(H,19,22)/t9-,10-,13-/m1/s1. The first-order chi connectivity index (χ1) is 11.0. The molecule has 1 aromatic heterocycles. The molecule has 0 saturated heterocycles. The van der Waals surface area contributed by atoms with Crippen molar-refractivity contribution in [2.75, 3.05) is 5.32 Å². The van der Waals surface area contributed by atoms with Crippen LogP contribution in [0.2, 0.25) is 0 Å². The number of carbonyl (C=O) groups is 2. The second-order valence-electron chi connectivity index (χ2n) is 7.17. The molecular weight excluding hydrogens is 294 g/mol. The SMILES string of the molecule is Cc1noc(C2CC2)c1NC(=O)C(=O)N[C@@H]1CC[C@@H](C)[C@H](C)C1. The topological polar surface area (TPSA) is 84.2 Å². The number of rotatable bonds is 3. The van der Waals surface area contributed by atoms with Gasteiger partial charge in [0.15, 0.2) is 5.76 Å². The smallest absolute Gasteiger partial charge is 0.313 e. The third-order valence-corrected chi connectivity index (χ3v) is 5.22. The van der Waals surface area contributed by atoms with Gasteiger partial charge in [0.2, 0.25) is 0 Å². The van der Waals surface area contributed by atoms with Gasteiger partial charge in [-0.1, -0.05) is 19.0 Å². The molecule has 126 valence electrons. The highest BCUT2D eigenvalue weighted by Crippen LogP contribution is 2.44. The Morgan fingerprint density at radius 3 is 2.48 bits per heavy atom. The molecule has 0 bridgehead atoms. The van der Waals surface area contributed by atoms with E-state index in [1.165, 1.54) is 0 Å². The number of hydrogen-bond acceptors (Lipinski definition) is 4. The Morgan fingerprint density at radius 1 is 1.09 bits per heavy atom. The molecule has 6 nitrogen and oxygen atoms in total. The molecular formula is C17H25N3O3. The third-order valence-electron chi connectivity index (χ3n) is 5.22. The average Bonchev–Trinajstić information content (AvgIpc) is 3.29. The van der Waals surface area contributed by atoms with E-state index in [0.29, 0.717) is 34.9 Å². The number of nitrogens with one attached hydrogen (secondary N) is 2. The van der Waals surface area contributed by atoms with Gasteiger partial charge in [0, 0.05) is 12.0 Å². The maximum Gasteiger partial charge on any atom is 0.313 e. The Labute approximate surface area is 136 Å². The van der Waals surface area contributed by atoms with Crippen LogP contribution in [0.3, 0.4) is 0 Å². The van der Waals surface area contributed by atoms with Gasteiger partial charge in [-0.25, -0.2) is 0 Å². The first-order valence-electron chi connectivity index (χ1n) is 8.53. The highest BCUT2D eigenvalue weighted by atomic mass is 16.5. The first kappa shape index (κ1) is 16.0. The number of carbonyl (C=O) groups excluding carboxylic acids is 2. The van der Waals surface area contributed by atoms with Gasteiger partial charge in [0.25, 0.3) is 0 Å². The molecule has 2 aliphatic rings. The van der Waals surface area contributed by atoms with Gasteiger partial charge in [0.05, 0.1) is 0 Å². The van der Waals surface area contributed by atoms with Gasteiger partial charge in [-0.05, 0) is 50.9 Å². The number of nitrogens with zero attached hydrogens (tertiary/aromatic N) is 1. The summed E-state index contributed by atoms with van der Waals surface area (Å²) in [5, 5.41) is 9.45. The molecule has 2 saturated carbocycles. The minimum absolute atomic E-state index is 0.0888. The van der Waals surface area contributed by atoms with E-state index >= 15 is 0 Å². The van der Waals surface area contributed by atoms with E-state index in [1.54, 1.807) is 6.92 Å². The normalized spacial score (nSPS) is 27.5. The zero-order chi connectivity index (χ0) is 16.6. The lowest BCUT2D eigenvalue weighted by atomic mass is 9.79. The second kappa shape index (κ2) is 6.34. The summed E-state index contributed by atoms with van der Waals surface area (Å²) in [6.07, 6.45) is 5.04. The molecule has 3 rings (SSSR count). The van der Waals surface area contributed by atoms with Crippen LogP contribution in [0.25, 0.3) is 0 Å². The molecule has 0 aliphatic heterocycles. The summed E-state index contributed by atoms with van der Waals surface area (Å²) >= 11 is 0. The van der Waals surface area contributed by atoms with Gasteiger partial charge < -0.3 is 15.2 Å². The Morgan fingerprint density at radius 2 is 1.83 bits per heavy atom. The van der Waals surface area contributed by atoms with Crippen molar-refractivity contribution in [3.8, 4) is 0 Å². The van der Waals surface area contributed by atoms with Crippen LogP contribution in [0.1, 0.15) is 63.3 Å².